The first-order valence-electron chi connectivity index (χ1n) is 9.95. The van der Waals surface area contributed by atoms with Crippen LogP contribution in [0.15, 0.2) is 42.5 Å². The average molecular weight is 419 g/mol. The highest BCUT2D eigenvalue weighted by atomic mass is 32.2. The molecule has 0 bridgehead atoms. The molecular weight excluding hydrogens is 388 g/mol. The zero-order valence-corrected chi connectivity index (χ0v) is 17.8. The summed E-state index contributed by atoms with van der Waals surface area (Å²) in [7, 11) is -4.36. The summed E-state index contributed by atoms with van der Waals surface area (Å²) in [6, 6.07) is 13.0. The molecule has 0 spiro atoms. The predicted octanol–water partition coefficient (Wildman–Crippen LogP) is 3.97. The van der Waals surface area contributed by atoms with Gasteiger partial charge in [-0.25, -0.2) is 0 Å². The molecule has 0 aliphatic carbocycles. The topological polar surface area (TPSA) is 109 Å². The van der Waals surface area contributed by atoms with Gasteiger partial charge in [-0.05, 0) is 48.6 Å². The van der Waals surface area contributed by atoms with Gasteiger partial charge < -0.3 is 11.1 Å². The lowest BCUT2D eigenvalue weighted by Crippen LogP contribution is -2.19. The summed E-state index contributed by atoms with van der Waals surface area (Å²) in [5, 5.41) is 2.16. The highest BCUT2D eigenvalue weighted by molar-refractivity contribution is 7.86. The number of ketones is 1. The molecule has 0 heterocycles. The second-order valence-electron chi connectivity index (χ2n) is 7.06. The Balaban J connectivity index is 2.73. The minimum absolute atomic E-state index is 0.172. The second kappa shape index (κ2) is 10.5. The van der Waals surface area contributed by atoms with Crippen molar-refractivity contribution in [2.45, 2.75) is 44.8 Å². The minimum Gasteiger partial charge on any atom is -0.385 e. The maximum atomic E-state index is 12.3. The highest BCUT2D eigenvalue weighted by Crippen LogP contribution is 2.36. The molecule has 0 amide bonds. The van der Waals surface area contributed by atoms with Gasteiger partial charge >= 0.3 is 0 Å². The van der Waals surface area contributed by atoms with Crippen LogP contribution >= 0.6 is 0 Å². The lowest BCUT2D eigenvalue weighted by Gasteiger charge is -2.23. The normalized spacial score (nSPS) is 12.6. The van der Waals surface area contributed by atoms with E-state index in [2.05, 4.69) is 5.32 Å². The number of nitrogens with two attached hydrogens (primary N) is 1. The van der Waals surface area contributed by atoms with Crippen LogP contribution in [-0.4, -0.2) is 31.8 Å². The summed E-state index contributed by atoms with van der Waals surface area (Å²) in [5.41, 5.74) is 8.82. The van der Waals surface area contributed by atoms with Crippen LogP contribution in [0.2, 0.25) is 0 Å². The largest absolute Gasteiger partial charge is 0.385 e. The van der Waals surface area contributed by atoms with E-state index in [-0.39, 0.29) is 18.7 Å². The van der Waals surface area contributed by atoms with Crippen LogP contribution in [-0.2, 0) is 16.5 Å². The molecule has 7 heteroatoms. The van der Waals surface area contributed by atoms with E-state index in [1.165, 1.54) is 0 Å². The van der Waals surface area contributed by atoms with E-state index in [1.54, 1.807) is 12.1 Å². The number of carbonyl (C=O) groups is 1. The lowest BCUT2D eigenvalue weighted by atomic mass is 9.91. The summed E-state index contributed by atoms with van der Waals surface area (Å²) in [6.07, 6.45) is 2.19. The molecule has 1 unspecified atom stereocenters. The second-order valence-corrected chi connectivity index (χ2v) is 8.66. The maximum absolute atomic E-state index is 12.3. The molecule has 2 rings (SSSR count). The van der Waals surface area contributed by atoms with E-state index in [9.17, 15) is 17.8 Å². The summed E-state index contributed by atoms with van der Waals surface area (Å²) in [5.74, 6) is -0.277. The predicted molar refractivity (Wildman–Crippen MR) is 117 cm³/mol. The first kappa shape index (κ1) is 23.1. The molecule has 0 aliphatic heterocycles. The number of Topliss-reactive ketones (excluding diaryl/α,β-unsaturated/α-hetero) is 1. The van der Waals surface area contributed by atoms with Crippen LogP contribution in [0.3, 0.4) is 0 Å². The van der Waals surface area contributed by atoms with E-state index in [0.717, 1.165) is 17.5 Å². The number of hydrogen-bond donors (Lipinski definition) is 3. The Kier molecular flexibility index (Phi) is 8.37. The van der Waals surface area contributed by atoms with Gasteiger partial charge in [0, 0.05) is 17.8 Å². The molecule has 2 aromatic rings. The smallest absolute Gasteiger partial charge is 0.272 e. The number of hydrogen-bond acceptors (Lipinski definition) is 5. The van der Waals surface area contributed by atoms with Gasteiger partial charge in [-0.2, -0.15) is 8.42 Å². The Morgan fingerprint density at radius 1 is 1.17 bits per heavy atom. The van der Waals surface area contributed by atoms with E-state index in [4.69, 9.17) is 5.73 Å². The fourth-order valence-corrected chi connectivity index (χ4v) is 4.46. The Morgan fingerprint density at radius 2 is 1.86 bits per heavy atom. The molecule has 6 nitrogen and oxygen atoms in total. The molecule has 29 heavy (non-hydrogen) atoms. The van der Waals surface area contributed by atoms with Crippen molar-refractivity contribution in [3.05, 3.63) is 64.7 Å². The van der Waals surface area contributed by atoms with Crippen LogP contribution in [0, 0.1) is 0 Å². The quantitative estimate of drug-likeness (QED) is 0.376. The molecule has 4 N–H and O–H groups in total. The third kappa shape index (κ3) is 6.13. The van der Waals surface area contributed by atoms with Crippen molar-refractivity contribution in [1.29, 1.82) is 0 Å². The Morgan fingerprint density at radius 3 is 2.41 bits per heavy atom. The zero-order chi connectivity index (χ0) is 21.4. The Hall–Kier alpha value is -2.22. The van der Waals surface area contributed by atoms with Gasteiger partial charge in [-0.15, -0.1) is 0 Å². The van der Waals surface area contributed by atoms with E-state index >= 15 is 0 Å². The van der Waals surface area contributed by atoms with Crippen LogP contribution in [0.5, 0.6) is 0 Å². The van der Waals surface area contributed by atoms with Crippen molar-refractivity contribution in [3.8, 4) is 0 Å². The summed E-state index contributed by atoms with van der Waals surface area (Å²) in [6.45, 7) is 4.33. The molecule has 0 saturated heterocycles. The summed E-state index contributed by atoms with van der Waals surface area (Å²) < 4.78 is 34.6. The van der Waals surface area contributed by atoms with Gasteiger partial charge in [0.2, 0.25) is 0 Å². The van der Waals surface area contributed by atoms with Crippen molar-refractivity contribution in [1.82, 2.24) is 0 Å². The van der Waals surface area contributed by atoms with E-state index < -0.39 is 15.4 Å². The van der Waals surface area contributed by atoms with Gasteiger partial charge in [0.25, 0.3) is 10.1 Å². The van der Waals surface area contributed by atoms with Gasteiger partial charge in [0.15, 0.2) is 5.78 Å². The Bertz CT molecular complexity index is 927. The molecular formula is C22H30N2O4S. The molecule has 2 aromatic carbocycles. The molecule has 0 fully saturated rings. The fraction of sp³-hybridized carbons (Fsp3) is 0.409. The third-order valence-electron chi connectivity index (χ3n) is 4.91. The third-order valence-corrected chi connectivity index (χ3v) is 6.12. The average Bonchev–Trinajstić information content (AvgIpc) is 2.69. The SMILES string of the molecule is CCCCC(c1cc(C(=O)CN)cc(NCC)c1Cc1ccccc1)S(=O)(=O)O. The molecule has 0 saturated carbocycles. The summed E-state index contributed by atoms with van der Waals surface area (Å²) in [4.78, 5) is 12.3. The number of carbonyl (C=O) groups excluding carboxylic acids is 1. The van der Waals surface area contributed by atoms with Gasteiger partial charge in [0.1, 0.15) is 5.25 Å². The molecule has 1 atom stereocenters. The van der Waals surface area contributed by atoms with Crippen molar-refractivity contribution in [3.63, 3.8) is 0 Å². The van der Waals surface area contributed by atoms with Gasteiger partial charge in [-0.3, -0.25) is 9.35 Å². The van der Waals surface area contributed by atoms with Crippen molar-refractivity contribution in [2.75, 3.05) is 18.4 Å². The lowest BCUT2D eigenvalue weighted by molar-refractivity contribution is 0.100. The van der Waals surface area contributed by atoms with Gasteiger partial charge in [-0.1, -0.05) is 50.1 Å². The van der Waals surface area contributed by atoms with Crippen LogP contribution < -0.4 is 11.1 Å². The van der Waals surface area contributed by atoms with Crippen LogP contribution in [0.1, 0.15) is 65.4 Å². The first-order valence-corrected chi connectivity index (χ1v) is 11.5. The highest BCUT2D eigenvalue weighted by Gasteiger charge is 2.29. The Labute approximate surface area is 173 Å². The molecule has 0 aromatic heterocycles. The van der Waals surface area contributed by atoms with Gasteiger partial charge in [0.05, 0.1) is 6.54 Å². The van der Waals surface area contributed by atoms with Crippen LogP contribution in [0.4, 0.5) is 5.69 Å². The monoisotopic (exact) mass is 418 g/mol. The van der Waals surface area contributed by atoms with E-state index in [1.807, 2.05) is 44.2 Å². The fourth-order valence-electron chi connectivity index (χ4n) is 3.46. The van der Waals surface area contributed by atoms with E-state index in [0.29, 0.717) is 36.2 Å². The molecule has 158 valence electrons. The molecule has 0 radical (unpaired) electrons. The first-order chi connectivity index (χ1) is 13.8. The number of nitrogens with one attached hydrogen (secondary N) is 1. The van der Waals surface area contributed by atoms with Crippen molar-refractivity contribution < 1.29 is 17.8 Å². The molecule has 0 aliphatic rings. The maximum Gasteiger partial charge on any atom is 0.272 e. The summed E-state index contributed by atoms with van der Waals surface area (Å²) >= 11 is 0. The van der Waals surface area contributed by atoms with Crippen molar-refractivity contribution in [2.24, 2.45) is 5.73 Å². The standard InChI is InChI=1S/C22H30N2O4S/c1-3-5-11-22(29(26,27)28)19-13-17(21(25)15-23)14-20(24-4-2)18(19)12-16-9-7-6-8-10-16/h6-10,13-14,22,24H,3-5,11-12,15,23H2,1-2H3,(H,26,27,28). The number of benzene rings is 2. The minimum atomic E-state index is -4.36. The number of anilines is 1. The van der Waals surface area contributed by atoms with Crippen LogP contribution in [0.25, 0.3) is 0 Å². The number of unbranched alkanes of at least 4 members (excludes halogenated alkanes) is 1. The van der Waals surface area contributed by atoms with Crippen molar-refractivity contribution >= 4 is 21.6 Å². The zero-order valence-electron chi connectivity index (χ0n) is 17.0. The number of rotatable bonds is 11.